The minimum absolute atomic E-state index is 0.0350. The van der Waals surface area contributed by atoms with Crippen LogP contribution < -0.4 is 11.1 Å². The first-order valence-electron chi connectivity index (χ1n) is 6.89. The number of rotatable bonds is 5. The lowest BCUT2D eigenvalue weighted by molar-refractivity contribution is -0.119. The fourth-order valence-corrected chi connectivity index (χ4v) is 2.72. The Bertz CT molecular complexity index is 452. The molecule has 2 rings (SSSR count). The maximum Gasteiger partial charge on any atom is 0.238 e. The number of likely N-dealkylation sites (tertiary alicyclic amines) is 1. The summed E-state index contributed by atoms with van der Waals surface area (Å²) in [5.41, 5.74) is 8.08. The molecule has 0 aliphatic carbocycles. The van der Waals surface area contributed by atoms with Gasteiger partial charge < -0.3 is 11.1 Å². The average Bonchev–Trinajstić information content (AvgIpc) is 2.30. The highest BCUT2D eigenvalue weighted by molar-refractivity contribution is 5.93. The quantitative estimate of drug-likeness (QED) is 0.849. The average molecular weight is 261 g/mol. The number of amides is 1. The lowest BCUT2D eigenvalue weighted by Crippen LogP contribution is -2.68. The number of nitrogens with one attached hydrogen (secondary N) is 1. The van der Waals surface area contributed by atoms with E-state index in [0.717, 1.165) is 37.2 Å². The molecular formula is C15H23N3O. The van der Waals surface area contributed by atoms with Crippen LogP contribution in [0, 0.1) is 6.92 Å². The van der Waals surface area contributed by atoms with Crippen LogP contribution in [0.1, 0.15) is 25.3 Å². The molecule has 0 bridgehead atoms. The van der Waals surface area contributed by atoms with Gasteiger partial charge in [0.25, 0.3) is 0 Å². The van der Waals surface area contributed by atoms with Crippen LogP contribution in [0.5, 0.6) is 0 Å². The van der Waals surface area contributed by atoms with Crippen molar-refractivity contribution in [1.82, 2.24) is 4.90 Å². The number of nitrogens with zero attached hydrogens (tertiary/aromatic N) is 1. The first-order chi connectivity index (χ1) is 9.02. The van der Waals surface area contributed by atoms with Crippen LogP contribution in [0.15, 0.2) is 24.3 Å². The summed E-state index contributed by atoms with van der Waals surface area (Å²) in [7, 11) is 0. The molecule has 0 spiro atoms. The fraction of sp³-hybridized carbons (Fsp3) is 0.533. The molecule has 1 heterocycles. The lowest BCUT2D eigenvalue weighted by Gasteiger charge is -2.47. The van der Waals surface area contributed by atoms with E-state index >= 15 is 0 Å². The minimum atomic E-state index is -0.0717. The molecule has 1 aromatic carbocycles. The molecule has 0 saturated carbocycles. The van der Waals surface area contributed by atoms with E-state index in [4.69, 9.17) is 5.73 Å². The second kappa shape index (κ2) is 5.72. The molecule has 0 unspecified atom stereocenters. The molecule has 4 nitrogen and oxygen atoms in total. The van der Waals surface area contributed by atoms with Gasteiger partial charge in [-0.1, -0.05) is 31.5 Å². The van der Waals surface area contributed by atoms with Crippen molar-refractivity contribution in [2.24, 2.45) is 5.73 Å². The number of para-hydroxylation sites is 1. The van der Waals surface area contributed by atoms with Crippen LogP contribution in [0.4, 0.5) is 5.69 Å². The SMILES string of the molecule is CCCC1(N)CN(CC(=O)Nc2ccccc2C)C1. The summed E-state index contributed by atoms with van der Waals surface area (Å²) in [5.74, 6) is 0.0350. The summed E-state index contributed by atoms with van der Waals surface area (Å²) >= 11 is 0. The molecule has 1 aliphatic rings. The number of benzene rings is 1. The van der Waals surface area contributed by atoms with Crippen LogP contribution >= 0.6 is 0 Å². The van der Waals surface area contributed by atoms with Crippen LogP contribution in [-0.4, -0.2) is 36.0 Å². The Kier molecular flexibility index (Phi) is 4.22. The zero-order valence-electron chi connectivity index (χ0n) is 11.8. The third-order valence-electron chi connectivity index (χ3n) is 3.61. The van der Waals surface area contributed by atoms with Crippen molar-refractivity contribution in [3.05, 3.63) is 29.8 Å². The number of anilines is 1. The van der Waals surface area contributed by atoms with Gasteiger partial charge in [-0.3, -0.25) is 9.69 Å². The normalized spacial score (nSPS) is 17.8. The predicted molar refractivity (Wildman–Crippen MR) is 78.1 cm³/mol. The smallest absolute Gasteiger partial charge is 0.238 e. The van der Waals surface area contributed by atoms with Gasteiger partial charge in [-0.25, -0.2) is 0 Å². The lowest BCUT2D eigenvalue weighted by atomic mass is 9.86. The van der Waals surface area contributed by atoms with Gasteiger partial charge in [0.2, 0.25) is 5.91 Å². The highest BCUT2D eigenvalue weighted by atomic mass is 16.2. The first kappa shape index (κ1) is 14.0. The van der Waals surface area contributed by atoms with Gasteiger partial charge in [-0.05, 0) is 25.0 Å². The van der Waals surface area contributed by atoms with Crippen molar-refractivity contribution in [2.75, 3.05) is 25.0 Å². The van der Waals surface area contributed by atoms with Gasteiger partial charge in [0, 0.05) is 24.3 Å². The third-order valence-corrected chi connectivity index (χ3v) is 3.61. The molecule has 1 amide bonds. The van der Waals surface area contributed by atoms with Gasteiger partial charge in [-0.15, -0.1) is 0 Å². The molecule has 1 aliphatic heterocycles. The Morgan fingerprint density at radius 3 is 2.74 bits per heavy atom. The largest absolute Gasteiger partial charge is 0.325 e. The second-order valence-corrected chi connectivity index (χ2v) is 5.62. The van der Waals surface area contributed by atoms with Crippen molar-refractivity contribution in [3.63, 3.8) is 0 Å². The number of aryl methyl sites for hydroxylation is 1. The fourth-order valence-electron chi connectivity index (χ4n) is 2.72. The summed E-state index contributed by atoms with van der Waals surface area (Å²) in [6.07, 6.45) is 2.13. The minimum Gasteiger partial charge on any atom is -0.325 e. The van der Waals surface area contributed by atoms with Crippen LogP contribution in [0.2, 0.25) is 0 Å². The summed E-state index contributed by atoms with van der Waals surface area (Å²) in [6, 6.07) is 7.81. The maximum atomic E-state index is 11.9. The number of hydrogen-bond acceptors (Lipinski definition) is 3. The van der Waals surface area contributed by atoms with E-state index in [1.54, 1.807) is 0 Å². The molecule has 3 N–H and O–H groups in total. The Balaban J connectivity index is 1.79. The van der Waals surface area contributed by atoms with Gasteiger partial charge in [0.05, 0.1) is 6.54 Å². The van der Waals surface area contributed by atoms with Crippen molar-refractivity contribution < 1.29 is 4.79 Å². The van der Waals surface area contributed by atoms with Crippen molar-refractivity contribution >= 4 is 11.6 Å². The molecule has 19 heavy (non-hydrogen) atoms. The standard InChI is InChI=1S/C15H23N3O/c1-3-8-15(16)10-18(11-15)9-14(19)17-13-7-5-4-6-12(13)2/h4-7H,3,8-11,16H2,1-2H3,(H,17,19). The van der Waals surface area contributed by atoms with Crippen LogP contribution in [0.3, 0.4) is 0 Å². The summed E-state index contributed by atoms with van der Waals surface area (Å²) in [4.78, 5) is 14.0. The number of hydrogen-bond donors (Lipinski definition) is 2. The topological polar surface area (TPSA) is 58.4 Å². The molecular weight excluding hydrogens is 238 g/mol. The number of nitrogens with two attached hydrogens (primary N) is 1. The van der Waals surface area contributed by atoms with E-state index < -0.39 is 0 Å². The first-order valence-corrected chi connectivity index (χ1v) is 6.89. The monoisotopic (exact) mass is 261 g/mol. The summed E-state index contributed by atoms with van der Waals surface area (Å²) < 4.78 is 0. The van der Waals surface area contributed by atoms with Crippen molar-refractivity contribution in [3.8, 4) is 0 Å². The highest BCUT2D eigenvalue weighted by Gasteiger charge is 2.38. The van der Waals surface area contributed by atoms with E-state index in [0.29, 0.717) is 6.54 Å². The van der Waals surface area contributed by atoms with Crippen LogP contribution in [0.25, 0.3) is 0 Å². The van der Waals surface area contributed by atoms with E-state index in [1.165, 1.54) is 0 Å². The van der Waals surface area contributed by atoms with E-state index in [9.17, 15) is 4.79 Å². The molecule has 104 valence electrons. The summed E-state index contributed by atoms with van der Waals surface area (Å²) in [5, 5.41) is 2.95. The molecule has 0 atom stereocenters. The zero-order chi connectivity index (χ0) is 13.9. The Morgan fingerprint density at radius 1 is 1.42 bits per heavy atom. The van der Waals surface area contributed by atoms with Gasteiger partial charge in [0.15, 0.2) is 0 Å². The van der Waals surface area contributed by atoms with E-state index in [1.807, 2.05) is 31.2 Å². The Morgan fingerprint density at radius 2 is 2.11 bits per heavy atom. The zero-order valence-corrected chi connectivity index (χ0v) is 11.8. The van der Waals surface area contributed by atoms with E-state index in [-0.39, 0.29) is 11.4 Å². The molecule has 4 heteroatoms. The highest BCUT2D eigenvalue weighted by Crippen LogP contribution is 2.23. The van der Waals surface area contributed by atoms with Crippen molar-refractivity contribution in [1.29, 1.82) is 0 Å². The Labute approximate surface area is 115 Å². The molecule has 1 saturated heterocycles. The van der Waals surface area contributed by atoms with Gasteiger partial charge >= 0.3 is 0 Å². The predicted octanol–water partition coefficient (Wildman–Crippen LogP) is 1.75. The molecule has 1 aromatic rings. The number of carbonyl (C=O) groups is 1. The summed E-state index contributed by atoms with van der Waals surface area (Å²) in [6.45, 7) is 6.20. The van der Waals surface area contributed by atoms with Gasteiger partial charge in [-0.2, -0.15) is 0 Å². The van der Waals surface area contributed by atoms with Crippen molar-refractivity contribution in [2.45, 2.75) is 32.2 Å². The maximum absolute atomic E-state index is 11.9. The molecule has 1 fully saturated rings. The molecule has 0 aromatic heterocycles. The third kappa shape index (κ3) is 3.55. The second-order valence-electron chi connectivity index (χ2n) is 5.62. The van der Waals surface area contributed by atoms with E-state index in [2.05, 4.69) is 17.1 Å². The Hall–Kier alpha value is -1.39. The molecule has 0 radical (unpaired) electrons. The van der Waals surface area contributed by atoms with Gasteiger partial charge in [0.1, 0.15) is 0 Å². The van der Waals surface area contributed by atoms with Crippen LogP contribution in [-0.2, 0) is 4.79 Å². The number of carbonyl (C=O) groups excluding carboxylic acids is 1.